The molecule has 1 aliphatic rings. The molecule has 3 heteroatoms. The van der Waals surface area contributed by atoms with Crippen LogP contribution in [0, 0.1) is 5.92 Å². The molecule has 1 unspecified atom stereocenters. The maximum Gasteiger partial charge on any atom is 0.305 e. The minimum absolute atomic E-state index is 0.0328. The highest BCUT2D eigenvalue weighted by Gasteiger charge is 2.17. The number of ether oxygens (including phenoxy) is 2. The first-order valence-electron chi connectivity index (χ1n) is 11.2. The second-order valence-electron chi connectivity index (χ2n) is 7.75. The lowest BCUT2D eigenvalue weighted by molar-refractivity contribution is -0.145. The molecule has 1 saturated heterocycles. The van der Waals surface area contributed by atoms with Gasteiger partial charge in [-0.25, -0.2) is 0 Å². The lowest BCUT2D eigenvalue weighted by Crippen LogP contribution is -2.13. The molecule has 1 atom stereocenters. The molecule has 1 aliphatic heterocycles. The van der Waals surface area contributed by atoms with Crippen LogP contribution in [-0.2, 0) is 14.3 Å². The second kappa shape index (κ2) is 17.6. The van der Waals surface area contributed by atoms with Gasteiger partial charge in [0, 0.05) is 18.9 Å². The molecule has 0 aromatic carbocycles. The van der Waals surface area contributed by atoms with E-state index in [9.17, 15) is 4.79 Å². The number of rotatable bonds is 17. The Morgan fingerprint density at radius 2 is 1.54 bits per heavy atom. The van der Waals surface area contributed by atoms with Crippen LogP contribution in [0.3, 0.4) is 0 Å². The minimum atomic E-state index is -0.0328. The Hall–Kier alpha value is -0.830. The number of carbonyl (C=O) groups excluding carboxylic acids is 1. The normalized spacial score (nSPS) is 17.2. The lowest BCUT2D eigenvalue weighted by Gasteiger charge is -2.08. The van der Waals surface area contributed by atoms with Gasteiger partial charge < -0.3 is 9.47 Å². The maximum absolute atomic E-state index is 11.7. The molecule has 0 bridgehead atoms. The van der Waals surface area contributed by atoms with Gasteiger partial charge in [0.15, 0.2) is 0 Å². The summed E-state index contributed by atoms with van der Waals surface area (Å²) in [6.07, 6.45) is 23.0. The van der Waals surface area contributed by atoms with E-state index in [1.807, 2.05) is 0 Å². The number of allylic oxidation sites excluding steroid dienone is 2. The average Bonchev–Trinajstić information content (AvgIpc) is 3.17. The van der Waals surface area contributed by atoms with Gasteiger partial charge in [0.25, 0.3) is 0 Å². The van der Waals surface area contributed by atoms with Crippen LogP contribution >= 0.6 is 0 Å². The van der Waals surface area contributed by atoms with Gasteiger partial charge >= 0.3 is 5.97 Å². The summed E-state index contributed by atoms with van der Waals surface area (Å²) < 4.78 is 10.6. The SMILES string of the molecule is CCCCCCCC/C=C/CCCCCCCC(=O)OCC1CCOC1. The van der Waals surface area contributed by atoms with Crippen molar-refractivity contribution in [2.75, 3.05) is 19.8 Å². The maximum atomic E-state index is 11.7. The van der Waals surface area contributed by atoms with E-state index in [1.165, 1.54) is 70.6 Å². The Labute approximate surface area is 161 Å². The standard InChI is InChI=1S/C23H42O3/c1-2-3-4-5-6-7-8-9-10-11-12-13-14-15-16-17-23(24)26-21-22-18-19-25-20-22/h9-10,22H,2-8,11-21H2,1H3/b10-9+. The van der Waals surface area contributed by atoms with Crippen molar-refractivity contribution >= 4 is 5.97 Å². The average molecular weight is 367 g/mol. The van der Waals surface area contributed by atoms with Crippen LogP contribution in [0.5, 0.6) is 0 Å². The first-order valence-corrected chi connectivity index (χ1v) is 11.2. The summed E-state index contributed by atoms with van der Waals surface area (Å²) in [5.74, 6) is 0.391. The molecule has 0 amide bonds. The minimum Gasteiger partial charge on any atom is -0.465 e. The first-order chi connectivity index (χ1) is 12.8. The highest BCUT2D eigenvalue weighted by atomic mass is 16.5. The zero-order chi connectivity index (χ0) is 18.7. The molecule has 152 valence electrons. The van der Waals surface area contributed by atoms with Gasteiger partial charge in [-0.3, -0.25) is 4.79 Å². The smallest absolute Gasteiger partial charge is 0.305 e. The van der Waals surface area contributed by atoms with Crippen molar-refractivity contribution in [3.8, 4) is 0 Å². The van der Waals surface area contributed by atoms with Crippen LogP contribution in [0.2, 0.25) is 0 Å². The molecule has 26 heavy (non-hydrogen) atoms. The third kappa shape index (κ3) is 14.4. The van der Waals surface area contributed by atoms with E-state index < -0.39 is 0 Å². The molecule has 0 spiro atoms. The summed E-state index contributed by atoms with van der Waals surface area (Å²) in [5, 5.41) is 0. The third-order valence-electron chi connectivity index (χ3n) is 5.15. The van der Waals surface area contributed by atoms with Crippen molar-refractivity contribution in [2.45, 2.75) is 103 Å². The molecule has 0 aromatic heterocycles. The lowest BCUT2D eigenvalue weighted by atomic mass is 10.1. The number of hydrogen-bond acceptors (Lipinski definition) is 3. The van der Waals surface area contributed by atoms with E-state index in [2.05, 4.69) is 19.1 Å². The van der Waals surface area contributed by atoms with Gasteiger partial charge in [-0.1, -0.05) is 70.4 Å². The van der Waals surface area contributed by atoms with Crippen molar-refractivity contribution in [1.82, 2.24) is 0 Å². The summed E-state index contributed by atoms with van der Waals surface area (Å²) in [6, 6.07) is 0. The van der Waals surface area contributed by atoms with Gasteiger partial charge in [-0.15, -0.1) is 0 Å². The molecule has 3 nitrogen and oxygen atoms in total. The summed E-state index contributed by atoms with van der Waals surface area (Å²) in [5.41, 5.74) is 0. The second-order valence-corrected chi connectivity index (χ2v) is 7.75. The van der Waals surface area contributed by atoms with Crippen LogP contribution in [0.4, 0.5) is 0 Å². The van der Waals surface area contributed by atoms with Gasteiger partial charge in [0.2, 0.25) is 0 Å². The monoisotopic (exact) mass is 366 g/mol. The molecule has 0 aliphatic carbocycles. The summed E-state index contributed by atoms with van der Waals surface area (Å²) in [7, 11) is 0. The number of esters is 1. The van der Waals surface area contributed by atoms with Gasteiger partial charge in [0.1, 0.15) is 0 Å². The highest BCUT2D eigenvalue weighted by molar-refractivity contribution is 5.69. The third-order valence-corrected chi connectivity index (χ3v) is 5.15. The molecule has 0 aromatic rings. The van der Waals surface area contributed by atoms with Crippen molar-refractivity contribution in [3.63, 3.8) is 0 Å². The number of unbranched alkanes of at least 4 members (excludes halogenated alkanes) is 11. The van der Waals surface area contributed by atoms with Crippen LogP contribution in [-0.4, -0.2) is 25.8 Å². The van der Waals surface area contributed by atoms with Crippen molar-refractivity contribution < 1.29 is 14.3 Å². The molecule has 0 radical (unpaired) electrons. The van der Waals surface area contributed by atoms with E-state index in [4.69, 9.17) is 9.47 Å². The largest absolute Gasteiger partial charge is 0.465 e. The Bertz CT molecular complexity index is 345. The summed E-state index contributed by atoms with van der Waals surface area (Å²) in [4.78, 5) is 11.7. The molecule has 1 rings (SSSR count). The summed E-state index contributed by atoms with van der Waals surface area (Å²) >= 11 is 0. The Morgan fingerprint density at radius 3 is 2.15 bits per heavy atom. The number of carbonyl (C=O) groups is 1. The van der Waals surface area contributed by atoms with Gasteiger partial charge in [-0.05, 0) is 38.5 Å². The van der Waals surface area contributed by atoms with Crippen LogP contribution in [0.15, 0.2) is 12.2 Å². The Balaban J connectivity index is 1.76. The van der Waals surface area contributed by atoms with Crippen LogP contribution in [0.1, 0.15) is 103 Å². The van der Waals surface area contributed by atoms with Gasteiger partial charge in [-0.2, -0.15) is 0 Å². The van der Waals surface area contributed by atoms with E-state index >= 15 is 0 Å². The molecule has 1 heterocycles. The zero-order valence-corrected chi connectivity index (χ0v) is 17.2. The highest BCUT2D eigenvalue weighted by Crippen LogP contribution is 2.14. The Kier molecular flexibility index (Phi) is 15.7. The number of hydrogen-bond donors (Lipinski definition) is 0. The fourth-order valence-corrected chi connectivity index (χ4v) is 3.34. The predicted octanol–water partition coefficient (Wildman–Crippen LogP) is 6.60. The van der Waals surface area contributed by atoms with Crippen molar-refractivity contribution in [1.29, 1.82) is 0 Å². The summed E-state index contributed by atoms with van der Waals surface area (Å²) in [6.45, 7) is 4.38. The molecular weight excluding hydrogens is 324 g/mol. The molecule has 0 N–H and O–H groups in total. The van der Waals surface area contributed by atoms with Gasteiger partial charge in [0.05, 0.1) is 13.2 Å². The molecular formula is C23H42O3. The molecule has 0 saturated carbocycles. The van der Waals surface area contributed by atoms with E-state index in [1.54, 1.807) is 0 Å². The van der Waals surface area contributed by atoms with E-state index in [-0.39, 0.29) is 5.97 Å². The van der Waals surface area contributed by atoms with Crippen LogP contribution in [0.25, 0.3) is 0 Å². The van der Waals surface area contributed by atoms with Crippen LogP contribution < -0.4 is 0 Å². The van der Waals surface area contributed by atoms with Crippen molar-refractivity contribution in [3.05, 3.63) is 12.2 Å². The fraction of sp³-hybridized carbons (Fsp3) is 0.870. The quantitative estimate of drug-likeness (QED) is 0.165. The predicted molar refractivity (Wildman–Crippen MR) is 109 cm³/mol. The van der Waals surface area contributed by atoms with E-state index in [0.29, 0.717) is 18.9 Å². The Morgan fingerprint density at radius 1 is 0.923 bits per heavy atom. The fourth-order valence-electron chi connectivity index (χ4n) is 3.34. The van der Waals surface area contributed by atoms with E-state index in [0.717, 1.165) is 32.5 Å². The first kappa shape index (κ1) is 23.2. The molecule has 1 fully saturated rings. The topological polar surface area (TPSA) is 35.5 Å². The zero-order valence-electron chi connectivity index (χ0n) is 17.2. The van der Waals surface area contributed by atoms with Crippen molar-refractivity contribution in [2.24, 2.45) is 5.92 Å².